The molecule has 0 saturated carbocycles. The Labute approximate surface area is 145 Å². The zero-order chi connectivity index (χ0) is 16.5. The van der Waals surface area contributed by atoms with Crippen LogP contribution in [0.25, 0.3) is 15.7 Å². The third kappa shape index (κ3) is 2.66. The van der Waals surface area contributed by atoms with Gasteiger partial charge in [-0.25, -0.2) is 9.97 Å². The number of hydrogen-bond acceptors (Lipinski definition) is 6. The van der Waals surface area contributed by atoms with Crippen LogP contribution in [0.2, 0.25) is 0 Å². The predicted molar refractivity (Wildman–Crippen MR) is 93.9 cm³/mol. The van der Waals surface area contributed by atoms with Gasteiger partial charge < -0.3 is 9.73 Å². The number of carbonyl (C=O) groups excluding carboxylic acids is 1. The molecule has 0 radical (unpaired) electrons. The van der Waals surface area contributed by atoms with E-state index in [0.29, 0.717) is 5.82 Å². The molecule has 1 amide bonds. The summed E-state index contributed by atoms with van der Waals surface area (Å²) in [6.45, 7) is 1.87. The number of aryl methyl sites for hydroxylation is 1. The van der Waals surface area contributed by atoms with Crippen molar-refractivity contribution in [3.63, 3.8) is 0 Å². The van der Waals surface area contributed by atoms with Gasteiger partial charge in [0.25, 0.3) is 5.91 Å². The molecule has 0 aliphatic rings. The highest BCUT2D eigenvalue weighted by Crippen LogP contribution is 2.29. The number of nitrogens with zero attached hydrogens (tertiary/aromatic N) is 3. The molecule has 4 rings (SSSR count). The molecule has 0 atom stereocenters. The lowest BCUT2D eigenvalue weighted by Crippen LogP contribution is -2.14. The number of anilines is 1. The van der Waals surface area contributed by atoms with Gasteiger partial charge in [0.05, 0.1) is 23.0 Å². The molecule has 24 heavy (non-hydrogen) atoms. The fourth-order valence-electron chi connectivity index (χ4n) is 2.26. The number of amides is 1. The van der Waals surface area contributed by atoms with E-state index in [4.69, 9.17) is 4.42 Å². The van der Waals surface area contributed by atoms with Crippen molar-refractivity contribution in [3.05, 3.63) is 59.1 Å². The highest BCUT2D eigenvalue weighted by Gasteiger charge is 2.17. The Bertz CT molecular complexity index is 968. The van der Waals surface area contributed by atoms with Crippen LogP contribution in [0.15, 0.2) is 51.9 Å². The predicted octanol–water partition coefficient (Wildman–Crippen LogP) is 4.21. The number of nitrogens with one attached hydrogen (secondary N) is 1. The number of thiazole rings is 1. The summed E-state index contributed by atoms with van der Waals surface area (Å²) in [4.78, 5) is 22.3. The van der Waals surface area contributed by atoms with Gasteiger partial charge in [-0.05, 0) is 30.5 Å². The maximum absolute atomic E-state index is 12.2. The minimum Gasteiger partial charge on any atom is -0.459 e. The maximum Gasteiger partial charge on any atom is 0.292 e. The molecule has 0 unspecified atom stereocenters. The molecule has 0 fully saturated rings. The van der Waals surface area contributed by atoms with Crippen molar-refractivity contribution in [1.29, 1.82) is 0 Å². The molecule has 6 nitrogen and oxygen atoms in total. The van der Waals surface area contributed by atoms with E-state index < -0.39 is 0 Å². The largest absolute Gasteiger partial charge is 0.459 e. The van der Waals surface area contributed by atoms with E-state index in [1.807, 2.05) is 34.4 Å². The van der Waals surface area contributed by atoms with Crippen LogP contribution in [0.3, 0.4) is 0 Å². The quantitative estimate of drug-likeness (QED) is 0.594. The Morgan fingerprint density at radius 2 is 2.21 bits per heavy atom. The second-order valence-electron chi connectivity index (χ2n) is 4.95. The van der Waals surface area contributed by atoms with Crippen molar-refractivity contribution >= 4 is 34.4 Å². The van der Waals surface area contributed by atoms with Crippen molar-refractivity contribution in [2.24, 2.45) is 0 Å². The summed E-state index contributed by atoms with van der Waals surface area (Å²) in [6, 6.07) is 7.31. The standard InChI is InChI=1S/C16H12N4O2S2/c1-10-17-8-14(19-15(21)12-4-2-6-22-12)20(10)16-18-11(9-24-16)13-5-3-7-23-13/h2-9H,1H3,(H,19,21). The molecule has 1 N–H and O–H groups in total. The smallest absolute Gasteiger partial charge is 0.292 e. The van der Waals surface area contributed by atoms with Crippen LogP contribution in [0.1, 0.15) is 16.4 Å². The molecule has 0 bridgehead atoms. The first-order valence-corrected chi connectivity index (χ1v) is 8.87. The molecule has 120 valence electrons. The molecule has 0 spiro atoms. The molecule has 0 aromatic carbocycles. The number of carbonyl (C=O) groups is 1. The van der Waals surface area contributed by atoms with Crippen LogP contribution in [-0.4, -0.2) is 20.4 Å². The number of rotatable bonds is 4. The SMILES string of the molecule is Cc1ncc(NC(=O)c2ccco2)n1-c1nc(-c2cccs2)cs1. The molecular weight excluding hydrogens is 344 g/mol. The Balaban J connectivity index is 1.66. The Hall–Kier alpha value is -2.71. The van der Waals surface area contributed by atoms with Gasteiger partial charge in [0.15, 0.2) is 10.9 Å². The number of hydrogen-bond donors (Lipinski definition) is 1. The average molecular weight is 356 g/mol. The zero-order valence-corrected chi connectivity index (χ0v) is 14.2. The van der Waals surface area contributed by atoms with Gasteiger partial charge in [0.1, 0.15) is 11.6 Å². The van der Waals surface area contributed by atoms with Gasteiger partial charge in [0.2, 0.25) is 0 Å². The topological polar surface area (TPSA) is 73.0 Å². The van der Waals surface area contributed by atoms with Crippen molar-refractivity contribution in [3.8, 4) is 15.7 Å². The van der Waals surface area contributed by atoms with E-state index in [0.717, 1.165) is 21.5 Å². The molecule has 4 heterocycles. The van der Waals surface area contributed by atoms with Crippen molar-refractivity contribution in [2.45, 2.75) is 6.92 Å². The third-order valence-corrected chi connectivity index (χ3v) is 5.10. The first kappa shape index (κ1) is 14.9. The number of imidazole rings is 1. The van der Waals surface area contributed by atoms with E-state index in [2.05, 4.69) is 15.3 Å². The van der Waals surface area contributed by atoms with E-state index in [-0.39, 0.29) is 11.7 Å². The van der Waals surface area contributed by atoms with Crippen molar-refractivity contribution in [2.75, 3.05) is 5.32 Å². The lowest BCUT2D eigenvalue weighted by Gasteiger charge is -2.07. The van der Waals surface area contributed by atoms with E-state index in [9.17, 15) is 4.79 Å². The Morgan fingerprint density at radius 1 is 1.29 bits per heavy atom. The first-order chi connectivity index (χ1) is 11.7. The second-order valence-corrected chi connectivity index (χ2v) is 6.73. The van der Waals surface area contributed by atoms with E-state index in [1.54, 1.807) is 29.7 Å². The number of aromatic nitrogens is 3. The van der Waals surface area contributed by atoms with Gasteiger partial charge in [-0.15, -0.1) is 22.7 Å². The Kier molecular flexibility index (Phi) is 3.75. The first-order valence-electron chi connectivity index (χ1n) is 7.11. The van der Waals surface area contributed by atoms with E-state index in [1.165, 1.54) is 17.6 Å². The van der Waals surface area contributed by atoms with Crippen molar-refractivity contribution < 1.29 is 9.21 Å². The highest BCUT2D eigenvalue weighted by atomic mass is 32.1. The second kappa shape index (κ2) is 6.06. The molecular formula is C16H12N4O2S2. The minimum atomic E-state index is -0.323. The minimum absolute atomic E-state index is 0.249. The lowest BCUT2D eigenvalue weighted by atomic mass is 10.4. The zero-order valence-electron chi connectivity index (χ0n) is 12.6. The summed E-state index contributed by atoms with van der Waals surface area (Å²) in [5.74, 6) is 1.23. The summed E-state index contributed by atoms with van der Waals surface area (Å²) < 4.78 is 6.94. The molecule has 0 saturated heterocycles. The van der Waals surface area contributed by atoms with Crippen LogP contribution in [0.5, 0.6) is 0 Å². The fraction of sp³-hybridized carbons (Fsp3) is 0.0625. The van der Waals surface area contributed by atoms with Crippen LogP contribution >= 0.6 is 22.7 Å². The van der Waals surface area contributed by atoms with Crippen molar-refractivity contribution in [1.82, 2.24) is 14.5 Å². The number of furan rings is 1. The molecule has 0 aliphatic heterocycles. The van der Waals surface area contributed by atoms with Crippen LogP contribution in [0, 0.1) is 6.92 Å². The molecule has 8 heteroatoms. The summed E-state index contributed by atoms with van der Waals surface area (Å²) in [5.41, 5.74) is 0.918. The van der Waals surface area contributed by atoms with Crippen LogP contribution in [-0.2, 0) is 0 Å². The molecule has 4 aromatic heterocycles. The summed E-state index contributed by atoms with van der Waals surface area (Å²) in [7, 11) is 0. The van der Waals surface area contributed by atoms with Gasteiger partial charge in [-0.2, -0.15) is 0 Å². The monoisotopic (exact) mass is 356 g/mol. The molecule has 0 aliphatic carbocycles. The summed E-state index contributed by atoms with van der Waals surface area (Å²) in [5, 5.41) is 7.58. The number of thiophene rings is 1. The van der Waals surface area contributed by atoms with Gasteiger partial charge in [-0.1, -0.05) is 6.07 Å². The van der Waals surface area contributed by atoms with Crippen LogP contribution < -0.4 is 5.32 Å². The van der Waals surface area contributed by atoms with E-state index >= 15 is 0 Å². The average Bonchev–Trinajstić information content (AvgIpc) is 3.35. The highest BCUT2D eigenvalue weighted by molar-refractivity contribution is 7.15. The fourth-order valence-corrected chi connectivity index (χ4v) is 3.91. The van der Waals surface area contributed by atoms with Gasteiger partial charge >= 0.3 is 0 Å². The summed E-state index contributed by atoms with van der Waals surface area (Å²) in [6.07, 6.45) is 3.08. The third-order valence-electron chi connectivity index (χ3n) is 3.38. The molecule has 4 aromatic rings. The lowest BCUT2D eigenvalue weighted by molar-refractivity contribution is 0.0996. The van der Waals surface area contributed by atoms with Gasteiger partial charge in [-0.3, -0.25) is 9.36 Å². The van der Waals surface area contributed by atoms with Gasteiger partial charge in [0, 0.05) is 5.38 Å². The summed E-state index contributed by atoms with van der Waals surface area (Å²) >= 11 is 3.14. The normalized spacial score (nSPS) is 10.9. The van der Waals surface area contributed by atoms with Crippen LogP contribution in [0.4, 0.5) is 5.82 Å². The Morgan fingerprint density at radius 3 is 2.96 bits per heavy atom. The maximum atomic E-state index is 12.2.